The number of nitro groups is 2. The highest BCUT2D eigenvalue weighted by molar-refractivity contribution is 5.88. The second kappa shape index (κ2) is 8.41. The third-order valence-electron chi connectivity index (χ3n) is 2.98. The predicted molar refractivity (Wildman–Crippen MR) is 82.3 cm³/mol. The Balaban J connectivity index is 2.93. The van der Waals surface area contributed by atoms with Gasteiger partial charge < -0.3 is 4.74 Å². The van der Waals surface area contributed by atoms with Gasteiger partial charge in [0.2, 0.25) is 0 Å². The lowest BCUT2D eigenvalue weighted by atomic mass is 10.2. The number of hydrazone groups is 1. The molecule has 1 aromatic carbocycles. The van der Waals surface area contributed by atoms with Crippen LogP contribution in [0, 0.1) is 20.2 Å². The molecule has 1 rings (SSSR count). The van der Waals surface area contributed by atoms with Crippen LogP contribution in [0.3, 0.4) is 0 Å². The molecule has 0 heterocycles. The molecule has 0 aliphatic heterocycles. The lowest BCUT2D eigenvalue weighted by molar-refractivity contribution is -0.393. The molecule has 0 aliphatic rings. The molecular formula is C13H16N4O6. The van der Waals surface area contributed by atoms with Gasteiger partial charge in [0.05, 0.1) is 29.4 Å². The van der Waals surface area contributed by atoms with Crippen molar-refractivity contribution in [2.75, 3.05) is 12.5 Å². The minimum Gasteiger partial charge on any atom is -0.469 e. The van der Waals surface area contributed by atoms with E-state index in [0.717, 1.165) is 12.1 Å². The summed E-state index contributed by atoms with van der Waals surface area (Å²) in [7, 11) is 1.28. The van der Waals surface area contributed by atoms with Crippen LogP contribution in [0.15, 0.2) is 23.3 Å². The van der Waals surface area contributed by atoms with E-state index >= 15 is 0 Å². The minimum absolute atomic E-state index is 0.0321. The summed E-state index contributed by atoms with van der Waals surface area (Å²) in [6, 6.07) is 3.22. The van der Waals surface area contributed by atoms with Crippen molar-refractivity contribution in [1.82, 2.24) is 0 Å². The molecule has 0 fully saturated rings. The van der Waals surface area contributed by atoms with Gasteiger partial charge >= 0.3 is 11.7 Å². The van der Waals surface area contributed by atoms with Crippen LogP contribution in [0.5, 0.6) is 0 Å². The Morgan fingerprint density at radius 2 is 1.96 bits per heavy atom. The predicted octanol–water partition coefficient (Wildman–Crippen LogP) is 2.63. The Hall–Kier alpha value is -3.04. The third kappa shape index (κ3) is 5.34. The van der Waals surface area contributed by atoms with Crippen molar-refractivity contribution >= 4 is 28.7 Å². The zero-order chi connectivity index (χ0) is 17.4. The lowest BCUT2D eigenvalue weighted by Gasteiger charge is -2.06. The number of carbonyl (C=O) groups is 1. The molecule has 0 aliphatic carbocycles. The van der Waals surface area contributed by atoms with Crippen LogP contribution in [0.1, 0.15) is 26.2 Å². The fraction of sp³-hybridized carbons (Fsp3) is 0.385. The Bertz CT molecular complexity index is 643. The summed E-state index contributed by atoms with van der Waals surface area (Å²) in [5, 5.41) is 25.7. The van der Waals surface area contributed by atoms with E-state index in [-0.39, 0.29) is 23.8 Å². The van der Waals surface area contributed by atoms with Gasteiger partial charge in [0.25, 0.3) is 5.69 Å². The molecule has 1 N–H and O–H groups in total. The summed E-state index contributed by atoms with van der Waals surface area (Å²) in [6.07, 6.45) is 1.02. The largest absolute Gasteiger partial charge is 0.469 e. The molecular weight excluding hydrogens is 308 g/mol. The smallest absolute Gasteiger partial charge is 0.305 e. The maximum absolute atomic E-state index is 11.1. The SMILES string of the molecule is CC/C(CCC(=O)OC)=N/Nc1ccc([N+](=O)[O-])cc1[N+](=O)[O-]. The van der Waals surface area contributed by atoms with Crippen LogP contribution in [0.2, 0.25) is 0 Å². The quantitative estimate of drug-likeness (QED) is 0.336. The molecule has 1 aromatic rings. The zero-order valence-corrected chi connectivity index (χ0v) is 12.6. The molecule has 0 unspecified atom stereocenters. The maximum Gasteiger partial charge on any atom is 0.305 e. The number of carbonyl (C=O) groups excluding carboxylic acids is 1. The fourth-order valence-corrected chi connectivity index (χ4v) is 1.68. The number of rotatable bonds is 8. The number of ether oxygens (including phenoxy) is 1. The van der Waals surface area contributed by atoms with Gasteiger partial charge in [0, 0.05) is 11.8 Å². The Labute approximate surface area is 131 Å². The first kappa shape index (κ1) is 18.0. The Kier molecular flexibility index (Phi) is 6.59. The van der Waals surface area contributed by atoms with E-state index in [1.807, 2.05) is 6.92 Å². The number of methoxy groups -OCH3 is 1. The zero-order valence-electron chi connectivity index (χ0n) is 12.6. The van der Waals surface area contributed by atoms with E-state index < -0.39 is 15.5 Å². The van der Waals surface area contributed by atoms with Crippen molar-refractivity contribution in [3.63, 3.8) is 0 Å². The van der Waals surface area contributed by atoms with Gasteiger partial charge in [0.15, 0.2) is 0 Å². The number of anilines is 1. The van der Waals surface area contributed by atoms with E-state index in [1.54, 1.807) is 0 Å². The molecule has 0 amide bonds. The number of nitrogens with one attached hydrogen (secondary N) is 1. The first-order valence-corrected chi connectivity index (χ1v) is 6.70. The van der Waals surface area contributed by atoms with Crippen molar-refractivity contribution < 1.29 is 19.4 Å². The molecule has 23 heavy (non-hydrogen) atoms. The fourth-order valence-electron chi connectivity index (χ4n) is 1.68. The van der Waals surface area contributed by atoms with Gasteiger partial charge in [-0.05, 0) is 18.9 Å². The summed E-state index contributed by atoms with van der Waals surface area (Å²) < 4.78 is 4.53. The van der Waals surface area contributed by atoms with E-state index in [0.29, 0.717) is 18.6 Å². The molecule has 0 saturated carbocycles. The highest BCUT2D eigenvalue weighted by Crippen LogP contribution is 2.28. The number of non-ortho nitro benzene ring substituents is 1. The Morgan fingerprint density at radius 3 is 2.48 bits per heavy atom. The van der Waals surface area contributed by atoms with Crippen LogP contribution in [-0.4, -0.2) is 28.6 Å². The molecule has 0 radical (unpaired) electrons. The number of hydrogen-bond donors (Lipinski definition) is 1. The summed E-state index contributed by atoms with van der Waals surface area (Å²) in [4.78, 5) is 31.3. The number of benzene rings is 1. The van der Waals surface area contributed by atoms with E-state index in [4.69, 9.17) is 0 Å². The summed E-state index contributed by atoms with van der Waals surface area (Å²) >= 11 is 0. The second-order valence-electron chi connectivity index (χ2n) is 4.44. The lowest BCUT2D eigenvalue weighted by Crippen LogP contribution is -2.07. The number of nitrogens with zero attached hydrogens (tertiary/aromatic N) is 3. The standard InChI is InChI=1S/C13H16N4O6/c1-3-9(4-7-13(18)23-2)14-15-11-6-5-10(16(19)20)8-12(11)17(21)22/h5-6,8,15H,3-4,7H2,1-2H3/b14-9-. The molecule has 124 valence electrons. The highest BCUT2D eigenvalue weighted by Gasteiger charge is 2.19. The number of hydrogen-bond acceptors (Lipinski definition) is 8. The number of esters is 1. The van der Waals surface area contributed by atoms with Crippen LogP contribution in [0.4, 0.5) is 17.1 Å². The molecule has 0 bridgehead atoms. The maximum atomic E-state index is 11.1. The van der Waals surface area contributed by atoms with E-state index in [1.165, 1.54) is 13.2 Å². The van der Waals surface area contributed by atoms with Gasteiger partial charge in [-0.25, -0.2) is 0 Å². The first-order chi connectivity index (χ1) is 10.9. The van der Waals surface area contributed by atoms with Crippen molar-refractivity contribution in [3.05, 3.63) is 38.4 Å². The summed E-state index contributed by atoms with van der Waals surface area (Å²) in [5.41, 5.74) is 2.34. The molecule has 10 heteroatoms. The molecule has 0 saturated heterocycles. The minimum atomic E-state index is -0.731. The first-order valence-electron chi connectivity index (χ1n) is 6.70. The summed E-state index contributed by atoms with van der Waals surface area (Å²) in [5.74, 6) is -0.382. The Morgan fingerprint density at radius 1 is 1.26 bits per heavy atom. The van der Waals surface area contributed by atoms with Gasteiger partial charge in [-0.1, -0.05) is 6.92 Å². The van der Waals surface area contributed by atoms with Crippen molar-refractivity contribution in [2.24, 2.45) is 5.10 Å². The van der Waals surface area contributed by atoms with Crippen LogP contribution < -0.4 is 5.43 Å². The van der Waals surface area contributed by atoms with Crippen molar-refractivity contribution in [2.45, 2.75) is 26.2 Å². The molecule has 0 spiro atoms. The van der Waals surface area contributed by atoms with E-state index in [9.17, 15) is 25.0 Å². The average molecular weight is 324 g/mol. The van der Waals surface area contributed by atoms with Crippen LogP contribution in [-0.2, 0) is 9.53 Å². The summed E-state index contributed by atoms with van der Waals surface area (Å²) in [6.45, 7) is 1.82. The highest BCUT2D eigenvalue weighted by atomic mass is 16.6. The second-order valence-corrected chi connectivity index (χ2v) is 4.44. The topological polar surface area (TPSA) is 137 Å². The van der Waals surface area contributed by atoms with Gasteiger partial charge in [-0.3, -0.25) is 30.4 Å². The molecule has 0 aromatic heterocycles. The van der Waals surface area contributed by atoms with E-state index in [2.05, 4.69) is 15.3 Å². The van der Waals surface area contributed by atoms with Gasteiger partial charge in [-0.2, -0.15) is 5.10 Å². The van der Waals surface area contributed by atoms with Gasteiger partial charge in [0.1, 0.15) is 5.69 Å². The van der Waals surface area contributed by atoms with Gasteiger partial charge in [-0.15, -0.1) is 0 Å². The third-order valence-corrected chi connectivity index (χ3v) is 2.98. The van der Waals surface area contributed by atoms with Crippen molar-refractivity contribution in [1.29, 1.82) is 0 Å². The van der Waals surface area contributed by atoms with Crippen LogP contribution in [0.25, 0.3) is 0 Å². The number of nitro benzene ring substituents is 2. The average Bonchev–Trinajstić information content (AvgIpc) is 2.54. The van der Waals surface area contributed by atoms with Crippen LogP contribution >= 0.6 is 0 Å². The van der Waals surface area contributed by atoms with Crippen molar-refractivity contribution in [3.8, 4) is 0 Å². The monoisotopic (exact) mass is 324 g/mol. The molecule has 10 nitrogen and oxygen atoms in total. The molecule has 0 atom stereocenters. The normalized spacial score (nSPS) is 11.0.